The molecule has 0 bridgehead atoms. The molecule has 1 N–H and O–H groups in total. The van der Waals surface area contributed by atoms with E-state index in [9.17, 15) is 9.59 Å². The molecule has 0 aromatic rings. The maximum Gasteiger partial charge on any atom is 0.306 e. The van der Waals surface area contributed by atoms with Crippen LogP contribution in [0.4, 0.5) is 0 Å². The molecule has 0 saturated carbocycles. The van der Waals surface area contributed by atoms with Crippen molar-refractivity contribution in [2.45, 2.75) is 206 Å². The van der Waals surface area contributed by atoms with Crippen LogP contribution in [0.3, 0.4) is 0 Å². The third-order valence-electron chi connectivity index (χ3n) is 7.99. The summed E-state index contributed by atoms with van der Waals surface area (Å²) in [5, 5.41) is 8.78. The van der Waals surface area contributed by atoms with E-state index < -0.39 is 5.97 Å². The molecule has 1 unspecified atom stereocenters. The minimum atomic E-state index is -0.703. The van der Waals surface area contributed by atoms with E-state index in [4.69, 9.17) is 9.84 Å². The van der Waals surface area contributed by atoms with E-state index in [1.165, 1.54) is 103 Å². The molecule has 0 aromatic carbocycles. The van der Waals surface area contributed by atoms with E-state index in [1.807, 2.05) is 0 Å². The summed E-state index contributed by atoms with van der Waals surface area (Å²) in [5.74, 6) is -0.717. The number of carbonyl (C=O) groups is 2. The van der Waals surface area contributed by atoms with E-state index in [2.05, 4.69) is 26.0 Å². The highest BCUT2D eigenvalue weighted by molar-refractivity contribution is 5.69. The second-order valence-corrected chi connectivity index (χ2v) is 12.1. The molecule has 0 fully saturated rings. The summed E-state index contributed by atoms with van der Waals surface area (Å²) in [4.78, 5) is 23.2. The highest BCUT2D eigenvalue weighted by Gasteiger charge is 2.14. The van der Waals surface area contributed by atoms with Crippen LogP contribution >= 0.6 is 0 Å². The predicted molar refractivity (Wildman–Crippen MR) is 172 cm³/mol. The molecule has 0 amide bonds. The molecule has 1 atom stereocenters. The largest absolute Gasteiger partial charge is 0.481 e. The Balaban J connectivity index is 4.10. The van der Waals surface area contributed by atoms with Gasteiger partial charge in [-0.15, -0.1) is 0 Å². The van der Waals surface area contributed by atoms with E-state index in [0.717, 1.165) is 70.6 Å². The number of carboxylic acids is 1. The van der Waals surface area contributed by atoms with Crippen LogP contribution in [0.5, 0.6) is 0 Å². The van der Waals surface area contributed by atoms with Crippen LogP contribution in [0.15, 0.2) is 12.2 Å². The minimum Gasteiger partial charge on any atom is -0.481 e. The second kappa shape index (κ2) is 32.2. The lowest BCUT2D eigenvalue weighted by Crippen LogP contribution is -2.18. The van der Waals surface area contributed by atoms with Crippen molar-refractivity contribution in [3.63, 3.8) is 0 Å². The lowest BCUT2D eigenvalue weighted by atomic mass is 10.0. The first-order valence-electron chi connectivity index (χ1n) is 17.7. The van der Waals surface area contributed by atoms with Gasteiger partial charge in [0, 0.05) is 12.8 Å². The van der Waals surface area contributed by atoms with Gasteiger partial charge in [-0.2, -0.15) is 0 Å². The Morgan fingerprint density at radius 3 is 1.45 bits per heavy atom. The zero-order valence-corrected chi connectivity index (χ0v) is 26.9. The summed E-state index contributed by atoms with van der Waals surface area (Å²) in [5.41, 5.74) is 0. The number of esters is 1. The number of ether oxygens (including phenoxy) is 1. The Labute approximate surface area is 249 Å². The topological polar surface area (TPSA) is 63.6 Å². The smallest absolute Gasteiger partial charge is 0.306 e. The number of hydrogen-bond donors (Lipinski definition) is 1. The Bertz CT molecular complexity index is 571. The monoisotopic (exact) mass is 565 g/mol. The van der Waals surface area contributed by atoms with E-state index in [0.29, 0.717) is 6.42 Å². The van der Waals surface area contributed by atoms with Crippen LogP contribution in [0.25, 0.3) is 0 Å². The van der Waals surface area contributed by atoms with Gasteiger partial charge in [0.1, 0.15) is 6.10 Å². The highest BCUT2D eigenvalue weighted by Crippen LogP contribution is 2.18. The Morgan fingerprint density at radius 1 is 0.525 bits per heavy atom. The number of rotatable bonds is 32. The van der Waals surface area contributed by atoms with Gasteiger partial charge in [-0.25, -0.2) is 0 Å². The van der Waals surface area contributed by atoms with Crippen molar-refractivity contribution in [2.24, 2.45) is 0 Å². The van der Waals surface area contributed by atoms with E-state index >= 15 is 0 Å². The summed E-state index contributed by atoms with van der Waals surface area (Å²) in [6.07, 6.45) is 37.9. The summed E-state index contributed by atoms with van der Waals surface area (Å²) >= 11 is 0. The van der Waals surface area contributed by atoms with Crippen LogP contribution in [0, 0.1) is 0 Å². The van der Waals surface area contributed by atoms with Crippen LogP contribution in [0.2, 0.25) is 0 Å². The van der Waals surface area contributed by atoms with Crippen LogP contribution in [-0.4, -0.2) is 23.1 Å². The first-order chi connectivity index (χ1) is 19.6. The number of aliphatic carboxylic acids is 1. The van der Waals surface area contributed by atoms with Gasteiger partial charge in [-0.1, -0.05) is 142 Å². The molecule has 0 heterocycles. The average molecular weight is 565 g/mol. The van der Waals surface area contributed by atoms with Crippen molar-refractivity contribution in [2.75, 3.05) is 0 Å². The SMILES string of the molecule is CCCCCCCCCC/C=C\CCCC(CCCCCCCC(=O)O)OC(=O)CCCCCCCCCCC. The number of allylic oxidation sites excluding steroid dienone is 2. The molecule has 0 radical (unpaired) electrons. The molecule has 4 heteroatoms. The van der Waals surface area contributed by atoms with Gasteiger partial charge < -0.3 is 9.84 Å². The molecule has 4 nitrogen and oxygen atoms in total. The standard InChI is InChI=1S/C36H68O4/c1-3-5-7-9-11-13-14-15-16-18-19-22-26-30-34(31-27-23-21-24-28-32-35(37)38)40-36(39)33-29-25-20-17-12-10-8-6-4-2/h18-19,34H,3-17,20-33H2,1-2H3,(H,37,38)/b19-18-. The number of unbranched alkanes of at least 4 members (excludes halogenated alkanes) is 21. The molecule has 0 spiro atoms. The van der Waals surface area contributed by atoms with Gasteiger partial charge >= 0.3 is 11.9 Å². The van der Waals surface area contributed by atoms with Gasteiger partial charge in [0.2, 0.25) is 0 Å². The summed E-state index contributed by atoms with van der Waals surface area (Å²) in [6, 6.07) is 0. The second-order valence-electron chi connectivity index (χ2n) is 12.1. The molecule has 0 aromatic heterocycles. The highest BCUT2D eigenvalue weighted by atomic mass is 16.5. The van der Waals surface area contributed by atoms with Gasteiger partial charge in [-0.05, 0) is 57.8 Å². The first-order valence-corrected chi connectivity index (χ1v) is 17.7. The molecular formula is C36H68O4. The minimum absolute atomic E-state index is 0.0142. The zero-order chi connectivity index (χ0) is 29.4. The predicted octanol–water partition coefficient (Wildman–Crippen LogP) is 11.9. The van der Waals surface area contributed by atoms with Crippen molar-refractivity contribution < 1.29 is 19.4 Å². The lowest BCUT2D eigenvalue weighted by Gasteiger charge is -2.18. The molecule has 0 saturated heterocycles. The number of carbonyl (C=O) groups excluding carboxylic acids is 1. The third-order valence-corrected chi connectivity index (χ3v) is 7.99. The Kier molecular flexibility index (Phi) is 31.1. The number of carboxylic acid groups (broad SMARTS) is 1. The molecular weight excluding hydrogens is 496 g/mol. The van der Waals surface area contributed by atoms with Gasteiger partial charge in [0.15, 0.2) is 0 Å². The van der Waals surface area contributed by atoms with Gasteiger partial charge in [0.25, 0.3) is 0 Å². The van der Waals surface area contributed by atoms with Crippen molar-refractivity contribution in [3.05, 3.63) is 12.2 Å². The zero-order valence-electron chi connectivity index (χ0n) is 26.9. The van der Waals surface area contributed by atoms with Crippen molar-refractivity contribution >= 4 is 11.9 Å². The molecule has 236 valence electrons. The maximum atomic E-state index is 12.5. The van der Waals surface area contributed by atoms with Crippen molar-refractivity contribution in [3.8, 4) is 0 Å². The fourth-order valence-electron chi connectivity index (χ4n) is 5.36. The van der Waals surface area contributed by atoms with E-state index in [-0.39, 0.29) is 18.5 Å². The van der Waals surface area contributed by atoms with Crippen LogP contribution < -0.4 is 0 Å². The molecule has 0 aliphatic heterocycles. The Morgan fingerprint density at radius 2 is 0.925 bits per heavy atom. The van der Waals surface area contributed by atoms with Gasteiger partial charge in [0.05, 0.1) is 0 Å². The molecule has 0 aliphatic rings. The Hall–Kier alpha value is -1.32. The van der Waals surface area contributed by atoms with Gasteiger partial charge in [-0.3, -0.25) is 9.59 Å². The lowest BCUT2D eigenvalue weighted by molar-refractivity contribution is -0.150. The molecule has 0 aliphatic carbocycles. The van der Waals surface area contributed by atoms with Crippen LogP contribution in [-0.2, 0) is 14.3 Å². The third kappa shape index (κ3) is 31.2. The normalized spacial score (nSPS) is 12.2. The fraction of sp³-hybridized carbons (Fsp3) is 0.889. The van der Waals surface area contributed by atoms with Crippen molar-refractivity contribution in [1.82, 2.24) is 0 Å². The first kappa shape index (κ1) is 38.7. The fourth-order valence-corrected chi connectivity index (χ4v) is 5.36. The quantitative estimate of drug-likeness (QED) is 0.0501. The van der Waals surface area contributed by atoms with E-state index in [1.54, 1.807) is 0 Å². The molecule has 0 rings (SSSR count). The molecule has 40 heavy (non-hydrogen) atoms. The summed E-state index contributed by atoms with van der Waals surface area (Å²) < 4.78 is 5.95. The van der Waals surface area contributed by atoms with Crippen molar-refractivity contribution in [1.29, 1.82) is 0 Å². The summed E-state index contributed by atoms with van der Waals surface area (Å²) in [7, 11) is 0. The maximum absolute atomic E-state index is 12.5. The summed E-state index contributed by atoms with van der Waals surface area (Å²) in [6.45, 7) is 4.53. The van der Waals surface area contributed by atoms with Crippen LogP contribution in [0.1, 0.15) is 200 Å². The number of hydrogen-bond acceptors (Lipinski definition) is 3. The average Bonchev–Trinajstić information content (AvgIpc) is 2.93.